The number of urea groups is 1. The predicted molar refractivity (Wildman–Crippen MR) is 76.9 cm³/mol. The van der Waals surface area contributed by atoms with Crippen LogP contribution in [0.5, 0.6) is 0 Å². The maximum absolute atomic E-state index is 12.9. The number of carbonyl (C=O) groups excluding carboxylic acids is 2. The van der Waals surface area contributed by atoms with Crippen LogP contribution in [0.15, 0.2) is 24.3 Å². The van der Waals surface area contributed by atoms with Gasteiger partial charge in [0.1, 0.15) is 5.82 Å². The van der Waals surface area contributed by atoms with E-state index in [2.05, 4.69) is 26.1 Å². The molecule has 0 saturated carbocycles. The van der Waals surface area contributed by atoms with Gasteiger partial charge in [-0.3, -0.25) is 10.1 Å². The Hall–Kier alpha value is -2.69. The lowest BCUT2D eigenvalue weighted by atomic mass is 10.3. The fourth-order valence-corrected chi connectivity index (χ4v) is 2.04. The number of carbonyl (C=O) groups is 2. The number of benzene rings is 1. The first-order chi connectivity index (χ1) is 10.9. The molecule has 23 heavy (non-hydrogen) atoms. The highest BCUT2D eigenvalue weighted by Gasteiger charge is 2.15. The second-order valence-corrected chi connectivity index (χ2v) is 5.12. The molecule has 122 valence electrons. The van der Waals surface area contributed by atoms with Crippen LogP contribution in [-0.4, -0.2) is 28.7 Å². The van der Waals surface area contributed by atoms with Crippen LogP contribution in [0.4, 0.5) is 28.8 Å². The Kier molecular flexibility index (Phi) is 5.46. The molecule has 1 heterocycles. The number of alkyl halides is 2. The molecule has 7 nitrogen and oxygen atoms in total. The molecule has 0 atom stereocenters. The van der Waals surface area contributed by atoms with Crippen molar-refractivity contribution in [3.8, 4) is 0 Å². The molecule has 0 radical (unpaired) electrons. The zero-order chi connectivity index (χ0) is 16.8. The van der Waals surface area contributed by atoms with Gasteiger partial charge in [-0.05, 0) is 18.2 Å². The molecule has 0 spiro atoms. The van der Waals surface area contributed by atoms with Crippen molar-refractivity contribution in [2.24, 2.45) is 0 Å². The highest BCUT2D eigenvalue weighted by atomic mass is 32.1. The summed E-state index contributed by atoms with van der Waals surface area (Å²) in [7, 11) is 0. The molecular weight excluding hydrogens is 335 g/mol. The van der Waals surface area contributed by atoms with Gasteiger partial charge in [0, 0.05) is 5.69 Å². The number of nitrogens with zero attached hydrogens (tertiary/aromatic N) is 2. The van der Waals surface area contributed by atoms with Gasteiger partial charge in [-0.1, -0.05) is 17.4 Å². The van der Waals surface area contributed by atoms with Crippen LogP contribution < -0.4 is 16.0 Å². The summed E-state index contributed by atoms with van der Waals surface area (Å²) >= 11 is 0.521. The minimum absolute atomic E-state index is 0.122. The average Bonchev–Trinajstić information content (AvgIpc) is 2.94. The molecule has 2 aromatic rings. The number of hydrogen-bond donors (Lipinski definition) is 3. The summed E-state index contributed by atoms with van der Waals surface area (Å²) in [5.74, 6) is -1.10. The molecule has 1 aromatic carbocycles. The lowest BCUT2D eigenvalue weighted by molar-refractivity contribution is -0.115. The van der Waals surface area contributed by atoms with Crippen molar-refractivity contribution in [2.75, 3.05) is 17.2 Å². The third-order valence-corrected chi connectivity index (χ3v) is 3.21. The smallest absolute Gasteiger partial charge is 0.321 e. The van der Waals surface area contributed by atoms with Crippen LogP contribution in [0.2, 0.25) is 0 Å². The van der Waals surface area contributed by atoms with E-state index in [-0.39, 0.29) is 10.8 Å². The minimum Gasteiger partial charge on any atom is -0.329 e. The molecular formula is C12H10F3N5O2S. The van der Waals surface area contributed by atoms with E-state index >= 15 is 0 Å². The topological polar surface area (TPSA) is 96.0 Å². The Morgan fingerprint density at radius 3 is 2.65 bits per heavy atom. The molecule has 0 bridgehead atoms. The number of halogens is 3. The fraction of sp³-hybridized carbons (Fsp3) is 0.167. The summed E-state index contributed by atoms with van der Waals surface area (Å²) in [6.07, 6.45) is -2.77. The van der Waals surface area contributed by atoms with E-state index in [0.29, 0.717) is 11.3 Å². The quantitative estimate of drug-likeness (QED) is 0.775. The number of amides is 3. The number of hydrogen-bond acceptors (Lipinski definition) is 5. The van der Waals surface area contributed by atoms with Crippen LogP contribution >= 0.6 is 11.3 Å². The average molecular weight is 345 g/mol. The SMILES string of the molecule is O=C(CNC(=O)Nc1nnc(C(F)F)s1)Nc1cccc(F)c1. The van der Waals surface area contributed by atoms with Crippen molar-refractivity contribution in [1.29, 1.82) is 0 Å². The lowest BCUT2D eigenvalue weighted by Crippen LogP contribution is -2.35. The van der Waals surface area contributed by atoms with Gasteiger partial charge in [-0.25, -0.2) is 18.0 Å². The second-order valence-electron chi connectivity index (χ2n) is 4.11. The molecule has 0 aliphatic rings. The van der Waals surface area contributed by atoms with Crippen LogP contribution in [-0.2, 0) is 4.79 Å². The Labute approximate surface area is 131 Å². The molecule has 2 rings (SSSR count). The van der Waals surface area contributed by atoms with Gasteiger partial charge in [-0.2, -0.15) is 0 Å². The minimum atomic E-state index is -2.77. The van der Waals surface area contributed by atoms with E-state index in [1.807, 2.05) is 0 Å². The van der Waals surface area contributed by atoms with Gasteiger partial charge in [0.05, 0.1) is 6.54 Å². The Morgan fingerprint density at radius 1 is 1.22 bits per heavy atom. The normalized spacial score (nSPS) is 10.4. The Morgan fingerprint density at radius 2 is 2.00 bits per heavy atom. The van der Waals surface area contributed by atoms with Crippen LogP contribution in [0.3, 0.4) is 0 Å². The molecule has 0 unspecified atom stereocenters. The van der Waals surface area contributed by atoms with E-state index in [9.17, 15) is 22.8 Å². The van der Waals surface area contributed by atoms with E-state index in [1.165, 1.54) is 18.2 Å². The summed E-state index contributed by atoms with van der Waals surface area (Å²) in [5, 5.41) is 12.6. The van der Waals surface area contributed by atoms with Crippen molar-refractivity contribution < 1.29 is 22.8 Å². The highest BCUT2D eigenvalue weighted by molar-refractivity contribution is 7.15. The van der Waals surface area contributed by atoms with Crippen molar-refractivity contribution >= 4 is 34.1 Å². The first kappa shape index (κ1) is 16.7. The third kappa shape index (κ3) is 5.21. The largest absolute Gasteiger partial charge is 0.329 e. The van der Waals surface area contributed by atoms with Gasteiger partial charge >= 0.3 is 6.03 Å². The molecule has 3 amide bonds. The summed E-state index contributed by atoms with van der Waals surface area (Å²) in [6, 6.07) is 4.42. The van der Waals surface area contributed by atoms with Crippen molar-refractivity contribution in [3.63, 3.8) is 0 Å². The van der Waals surface area contributed by atoms with Gasteiger partial charge in [0.15, 0.2) is 5.01 Å². The zero-order valence-electron chi connectivity index (χ0n) is 11.3. The molecule has 3 N–H and O–H groups in total. The highest BCUT2D eigenvalue weighted by Crippen LogP contribution is 2.24. The van der Waals surface area contributed by atoms with Crippen molar-refractivity contribution in [3.05, 3.63) is 35.1 Å². The second kappa shape index (κ2) is 7.54. The van der Waals surface area contributed by atoms with Crippen molar-refractivity contribution in [1.82, 2.24) is 15.5 Å². The Balaban J connectivity index is 1.78. The number of aromatic nitrogens is 2. The number of nitrogens with one attached hydrogen (secondary N) is 3. The van der Waals surface area contributed by atoms with Crippen LogP contribution in [0.1, 0.15) is 11.4 Å². The summed E-state index contributed by atoms with van der Waals surface area (Å²) in [4.78, 5) is 23.1. The van der Waals surface area contributed by atoms with Gasteiger partial charge in [-0.15, -0.1) is 10.2 Å². The molecule has 11 heteroatoms. The van der Waals surface area contributed by atoms with Crippen molar-refractivity contribution in [2.45, 2.75) is 6.43 Å². The van der Waals surface area contributed by atoms with E-state index < -0.39 is 35.7 Å². The van der Waals surface area contributed by atoms with Crippen LogP contribution in [0.25, 0.3) is 0 Å². The summed E-state index contributed by atoms with van der Waals surface area (Å²) in [5.41, 5.74) is 0.239. The van der Waals surface area contributed by atoms with Gasteiger partial charge < -0.3 is 10.6 Å². The Bertz CT molecular complexity index is 710. The van der Waals surface area contributed by atoms with E-state index in [4.69, 9.17) is 0 Å². The van der Waals surface area contributed by atoms with Gasteiger partial charge in [0.25, 0.3) is 6.43 Å². The first-order valence-corrected chi connectivity index (χ1v) is 6.97. The third-order valence-electron chi connectivity index (χ3n) is 2.37. The predicted octanol–water partition coefficient (Wildman–Crippen LogP) is 2.38. The molecule has 0 fully saturated rings. The zero-order valence-corrected chi connectivity index (χ0v) is 12.2. The van der Waals surface area contributed by atoms with E-state index in [0.717, 1.165) is 6.07 Å². The standard InChI is InChI=1S/C12H10F3N5O2S/c13-6-2-1-3-7(4-6)17-8(21)5-16-11(22)18-12-20-19-10(23-12)9(14)15/h1-4,9H,5H2,(H,17,21)(H2,16,18,20,22). The number of anilines is 2. The van der Waals surface area contributed by atoms with E-state index in [1.54, 1.807) is 0 Å². The molecule has 0 aliphatic heterocycles. The van der Waals surface area contributed by atoms with Crippen LogP contribution in [0, 0.1) is 5.82 Å². The molecule has 0 saturated heterocycles. The fourth-order valence-electron chi connectivity index (χ4n) is 1.45. The lowest BCUT2D eigenvalue weighted by Gasteiger charge is -2.07. The monoisotopic (exact) mass is 345 g/mol. The first-order valence-electron chi connectivity index (χ1n) is 6.16. The maximum Gasteiger partial charge on any atom is 0.321 e. The molecule has 1 aromatic heterocycles. The molecule has 0 aliphatic carbocycles. The van der Waals surface area contributed by atoms with Gasteiger partial charge in [0.2, 0.25) is 11.0 Å². The summed E-state index contributed by atoms with van der Waals surface area (Å²) < 4.78 is 37.6. The summed E-state index contributed by atoms with van der Waals surface area (Å²) in [6.45, 7) is -0.400. The maximum atomic E-state index is 12.9. The number of rotatable bonds is 5.